The molecule has 0 aliphatic rings. The molecule has 0 aromatic heterocycles. The molecule has 13 heteroatoms. The van der Waals surface area contributed by atoms with Crippen LogP contribution in [-0.2, 0) is 24.8 Å². The van der Waals surface area contributed by atoms with Gasteiger partial charge in [0.05, 0.1) is 36.7 Å². The van der Waals surface area contributed by atoms with Crippen molar-refractivity contribution in [1.82, 2.24) is 0 Å². The molecule has 10 nitrogen and oxygen atoms in total. The van der Waals surface area contributed by atoms with Gasteiger partial charge in [0.25, 0.3) is 10.0 Å². The van der Waals surface area contributed by atoms with Gasteiger partial charge in [-0.05, 0) is 67.9 Å². The minimum atomic E-state index is -4.01. The molecule has 1 atom stereocenters. The van der Waals surface area contributed by atoms with Crippen molar-refractivity contribution in [2.24, 2.45) is 0 Å². The molecule has 0 aliphatic carbocycles. The summed E-state index contributed by atoms with van der Waals surface area (Å²) in [6.07, 6.45) is 1.00. The van der Waals surface area contributed by atoms with Gasteiger partial charge in [0.2, 0.25) is 15.9 Å². The SMILES string of the molecule is COc1ccc(OC)c(NS(=O)(=O)c2ccc(NC(=O)[C@H](C)N(c3cc(Cl)ccc3C)S(C)(=O)=O)cc2)c1. The average molecular weight is 582 g/mol. The first-order chi connectivity index (χ1) is 17.8. The maximum absolute atomic E-state index is 13.0. The van der Waals surface area contributed by atoms with E-state index >= 15 is 0 Å². The van der Waals surface area contributed by atoms with E-state index in [1.165, 1.54) is 57.5 Å². The highest BCUT2D eigenvalue weighted by atomic mass is 35.5. The normalized spacial score (nSPS) is 12.4. The average Bonchev–Trinajstić information content (AvgIpc) is 2.85. The number of carbonyl (C=O) groups excluding carboxylic acids is 1. The maximum Gasteiger partial charge on any atom is 0.262 e. The molecule has 0 saturated carbocycles. The molecule has 0 saturated heterocycles. The van der Waals surface area contributed by atoms with Crippen LogP contribution in [0.5, 0.6) is 11.5 Å². The van der Waals surface area contributed by atoms with Crippen molar-refractivity contribution in [3.63, 3.8) is 0 Å². The Bertz CT molecular complexity index is 1540. The summed E-state index contributed by atoms with van der Waals surface area (Å²) in [5, 5.41) is 2.95. The zero-order valence-electron chi connectivity index (χ0n) is 21.4. The van der Waals surface area contributed by atoms with Crippen molar-refractivity contribution in [2.75, 3.05) is 34.8 Å². The van der Waals surface area contributed by atoms with Crippen molar-refractivity contribution in [3.8, 4) is 11.5 Å². The van der Waals surface area contributed by atoms with Crippen molar-refractivity contribution in [2.45, 2.75) is 24.8 Å². The number of carbonyl (C=O) groups is 1. The molecular formula is C25H28ClN3O7S2. The van der Waals surface area contributed by atoms with E-state index in [1.807, 2.05) is 0 Å². The van der Waals surface area contributed by atoms with Gasteiger partial charge < -0.3 is 14.8 Å². The number of rotatable bonds is 10. The molecule has 0 spiro atoms. The molecular weight excluding hydrogens is 554 g/mol. The predicted octanol–water partition coefficient (Wildman–Crippen LogP) is 4.26. The van der Waals surface area contributed by atoms with Gasteiger partial charge in [-0.1, -0.05) is 17.7 Å². The summed E-state index contributed by atoms with van der Waals surface area (Å²) in [5.74, 6) is 0.119. The lowest BCUT2D eigenvalue weighted by molar-refractivity contribution is -0.116. The summed E-state index contributed by atoms with van der Waals surface area (Å²) in [5.41, 5.74) is 1.36. The van der Waals surface area contributed by atoms with Gasteiger partial charge in [0.1, 0.15) is 17.5 Å². The molecule has 1 amide bonds. The Morgan fingerprint density at radius 2 is 1.61 bits per heavy atom. The number of anilines is 3. The fraction of sp³-hybridized carbons (Fsp3) is 0.240. The Hall–Kier alpha value is -3.48. The topological polar surface area (TPSA) is 131 Å². The Morgan fingerprint density at radius 1 is 0.947 bits per heavy atom. The summed E-state index contributed by atoms with van der Waals surface area (Å²) in [6.45, 7) is 3.16. The number of benzene rings is 3. The molecule has 3 rings (SSSR count). The lowest BCUT2D eigenvalue weighted by atomic mass is 10.1. The lowest BCUT2D eigenvalue weighted by Crippen LogP contribution is -2.45. The van der Waals surface area contributed by atoms with E-state index in [0.717, 1.165) is 10.6 Å². The maximum atomic E-state index is 13.0. The quantitative estimate of drug-likeness (QED) is 0.366. The minimum Gasteiger partial charge on any atom is -0.497 e. The Kier molecular flexibility index (Phi) is 8.80. The number of amides is 1. The number of ether oxygens (including phenoxy) is 2. The summed E-state index contributed by atoms with van der Waals surface area (Å²) >= 11 is 6.07. The Morgan fingerprint density at radius 3 is 2.18 bits per heavy atom. The molecule has 0 aliphatic heterocycles. The van der Waals surface area contributed by atoms with Gasteiger partial charge in [-0.25, -0.2) is 16.8 Å². The van der Waals surface area contributed by atoms with E-state index in [9.17, 15) is 21.6 Å². The molecule has 204 valence electrons. The van der Waals surface area contributed by atoms with Gasteiger partial charge >= 0.3 is 0 Å². The van der Waals surface area contributed by atoms with E-state index in [-0.39, 0.29) is 22.0 Å². The van der Waals surface area contributed by atoms with Crippen LogP contribution < -0.4 is 23.8 Å². The first-order valence-corrected chi connectivity index (χ1v) is 14.9. The number of hydrogen-bond acceptors (Lipinski definition) is 7. The van der Waals surface area contributed by atoms with Crippen molar-refractivity contribution in [3.05, 3.63) is 71.2 Å². The number of hydrogen-bond donors (Lipinski definition) is 2. The summed E-state index contributed by atoms with van der Waals surface area (Å²) in [4.78, 5) is 12.9. The molecule has 0 heterocycles. The second-order valence-corrected chi connectivity index (χ2v) is 12.3. The monoisotopic (exact) mass is 581 g/mol. The Balaban J connectivity index is 1.81. The van der Waals surface area contributed by atoms with Gasteiger partial charge in [0, 0.05) is 16.8 Å². The minimum absolute atomic E-state index is 0.0688. The van der Waals surface area contributed by atoms with Crippen molar-refractivity contribution >= 4 is 54.6 Å². The van der Waals surface area contributed by atoms with Gasteiger partial charge in [-0.2, -0.15) is 0 Å². The third-order valence-corrected chi connectivity index (χ3v) is 8.42. The molecule has 0 bridgehead atoms. The van der Waals surface area contributed by atoms with Crippen LogP contribution in [0.2, 0.25) is 5.02 Å². The Labute approximate surface area is 227 Å². The van der Waals surface area contributed by atoms with Crippen LogP contribution in [-0.4, -0.2) is 49.3 Å². The first kappa shape index (κ1) is 29.1. The summed E-state index contributed by atoms with van der Waals surface area (Å²) in [6, 6.07) is 13.7. The van der Waals surface area contributed by atoms with Gasteiger partial charge in [0.15, 0.2) is 0 Å². The van der Waals surface area contributed by atoms with Crippen LogP contribution >= 0.6 is 11.6 Å². The van der Waals surface area contributed by atoms with Gasteiger partial charge in [-0.3, -0.25) is 13.8 Å². The number of aryl methyl sites for hydroxylation is 1. The lowest BCUT2D eigenvalue weighted by Gasteiger charge is -2.29. The smallest absolute Gasteiger partial charge is 0.262 e. The summed E-state index contributed by atoms with van der Waals surface area (Å²) < 4.78 is 64.9. The van der Waals surface area contributed by atoms with E-state index in [0.29, 0.717) is 22.1 Å². The number of methoxy groups -OCH3 is 2. The molecule has 38 heavy (non-hydrogen) atoms. The third-order valence-electron chi connectivity index (χ3n) is 5.58. The second-order valence-electron chi connectivity index (χ2n) is 8.35. The fourth-order valence-electron chi connectivity index (χ4n) is 3.66. The number of sulfonamides is 2. The molecule has 0 unspecified atom stereocenters. The van der Waals surface area contributed by atoms with Gasteiger partial charge in [-0.15, -0.1) is 0 Å². The second kappa shape index (κ2) is 11.5. The molecule has 0 radical (unpaired) electrons. The van der Waals surface area contributed by atoms with Crippen LogP contribution in [0.4, 0.5) is 17.1 Å². The predicted molar refractivity (Wildman–Crippen MR) is 148 cm³/mol. The van der Waals surface area contributed by atoms with Crippen LogP contribution in [0, 0.1) is 6.92 Å². The van der Waals surface area contributed by atoms with E-state index in [1.54, 1.807) is 31.2 Å². The van der Waals surface area contributed by atoms with E-state index < -0.39 is 32.0 Å². The molecule has 3 aromatic carbocycles. The highest BCUT2D eigenvalue weighted by molar-refractivity contribution is 7.92. The largest absolute Gasteiger partial charge is 0.497 e. The van der Waals surface area contributed by atoms with Crippen molar-refractivity contribution in [1.29, 1.82) is 0 Å². The molecule has 2 N–H and O–H groups in total. The number of halogens is 1. The number of nitrogens with one attached hydrogen (secondary N) is 2. The van der Waals surface area contributed by atoms with E-state index in [4.69, 9.17) is 21.1 Å². The zero-order valence-corrected chi connectivity index (χ0v) is 23.7. The van der Waals surface area contributed by atoms with Crippen LogP contribution in [0.15, 0.2) is 65.6 Å². The summed E-state index contributed by atoms with van der Waals surface area (Å²) in [7, 11) is -4.99. The molecule has 0 fully saturated rings. The van der Waals surface area contributed by atoms with Crippen LogP contribution in [0.1, 0.15) is 12.5 Å². The standard InChI is InChI=1S/C25H28ClN3O7S2/c1-16-6-7-18(26)14-23(16)29(37(5,31)32)17(2)25(30)27-19-8-11-21(12-9-19)38(33,34)28-22-15-20(35-3)10-13-24(22)36-4/h6-15,17,28H,1-5H3,(H,27,30)/t17-/m0/s1. The third kappa shape index (κ3) is 6.69. The van der Waals surface area contributed by atoms with Crippen LogP contribution in [0.25, 0.3) is 0 Å². The van der Waals surface area contributed by atoms with Crippen LogP contribution in [0.3, 0.4) is 0 Å². The molecule has 3 aromatic rings. The fourth-order valence-corrected chi connectivity index (χ4v) is 6.11. The van der Waals surface area contributed by atoms with E-state index in [2.05, 4.69) is 10.0 Å². The zero-order chi connectivity index (χ0) is 28.3. The highest BCUT2D eigenvalue weighted by Gasteiger charge is 2.30. The first-order valence-electron chi connectivity index (χ1n) is 11.2. The van der Waals surface area contributed by atoms with Crippen molar-refractivity contribution < 1.29 is 31.1 Å². The highest BCUT2D eigenvalue weighted by Crippen LogP contribution is 2.31. The number of nitrogens with zero attached hydrogens (tertiary/aromatic N) is 1.